The van der Waals surface area contributed by atoms with Crippen molar-refractivity contribution in [3.63, 3.8) is 0 Å². The number of anilines is 2. The van der Waals surface area contributed by atoms with E-state index in [9.17, 15) is 14.7 Å². The maximum absolute atomic E-state index is 12.7. The van der Waals surface area contributed by atoms with E-state index in [2.05, 4.69) is 14.9 Å². The van der Waals surface area contributed by atoms with Crippen LogP contribution in [0.4, 0.5) is 11.5 Å². The average Bonchev–Trinajstić information content (AvgIpc) is 3.00. The number of hydrogen-bond acceptors (Lipinski definition) is 8. The van der Waals surface area contributed by atoms with Gasteiger partial charge in [0.1, 0.15) is 11.4 Å². The molecule has 1 saturated heterocycles. The predicted molar refractivity (Wildman–Crippen MR) is 102 cm³/mol. The van der Waals surface area contributed by atoms with Crippen LogP contribution in [0.1, 0.15) is 16.8 Å². The van der Waals surface area contributed by atoms with Crippen molar-refractivity contribution < 1.29 is 9.90 Å². The van der Waals surface area contributed by atoms with Crippen LogP contribution in [-0.2, 0) is 0 Å². The zero-order valence-corrected chi connectivity index (χ0v) is 14.9. The molecule has 1 aliphatic heterocycles. The number of carboxylic acid groups (broad SMARTS) is 1. The van der Waals surface area contributed by atoms with Crippen molar-refractivity contribution in [1.29, 1.82) is 0 Å². The summed E-state index contributed by atoms with van der Waals surface area (Å²) in [4.78, 5) is 35.2. The van der Waals surface area contributed by atoms with Crippen LogP contribution in [0.2, 0.25) is 0 Å². The van der Waals surface area contributed by atoms with E-state index in [1.165, 1.54) is 22.1 Å². The molecule has 0 bridgehead atoms. The molecule has 10 heteroatoms. The summed E-state index contributed by atoms with van der Waals surface area (Å²) in [6.07, 6.45) is 3.87. The number of carboxylic acids is 1. The summed E-state index contributed by atoms with van der Waals surface area (Å²) in [5, 5.41) is 11.8. The maximum atomic E-state index is 12.7. The second-order valence-electron chi connectivity index (χ2n) is 7.14. The van der Waals surface area contributed by atoms with Gasteiger partial charge in [0.05, 0.1) is 11.1 Å². The number of rotatable bonds is 3. The number of nitrogens with zero attached hydrogens (tertiary/aromatic N) is 4. The van der Waals surface area contributed by atoms with Gasteiger partial charge in [-0.25, -0.2) is 14.8 Å². The van der Waals surface area contributed by atoms with Gasteiger partial charge in [-0.3, -0.25) is 9.36 Å². The van der Waals surface area contributed by atoms with Crippen LogP contribution >= 0.6 is 11.3 Å². The van der Waals surface area contributed by atoms with E-state index >= 15 is 0 Å². The highest BCUT2D eigenvalue weighted by Crippen LogP contribution is 2.48. The number of carbonyl (C=O) groups is 1. The van der Waals surface area contributed by atoms with E-state index in [0.29, 0.717) is 29.1 Å². The Balaban J connectivity index is 1.77. The Morgan fingerprint density at radius 3 is 2.89 bits per heavy atom. The molecule has 2 aliphatic rings. The first kappa shape index (κ1) is 16.2. The summed E-state index contributed by atoms with van der Waals surface area (Å²) < 4.78 is 1.51. The van der Waals surface area contributed by atoms with E-state index in [1.807, 2.05) is 0 Å². The normalized spacial score (nSPS) is 23.6. The minimum Gasteiger partial charge on any atom is -0.477 e. The van der Waals surface area contributed by atoms with Crippen molar-refractivity contribution in [2.75, 3.05) is 23.7 Å². The van der Waals surface area contributed by atoms with Gasteiger partial charge in [0.25, 0.3) is 0 Å². The molecule has 1 saturated carbocycles. The summed E-state index contributed by atoms with van der Waals surface area (Å²) in [7, 11) is 0. The molecule has 2 atom stereocenters. The lowest BCUT2D eigenvalue weighted by atomic mass is 10.1. The Morgan fingerprint density at radius 1 is 1.44 bits per heavy atom. The lowest BCUT2D eigenvalue weighted by Crippen LogP contribution is -2.33. The third kappa shape index (κ3) is 2.33. The van der Waals surface area contributed by atoms with Gasteiger partial charge in [0.2, 0.25) is 5.43 Å². The maximum Gasteiger partial charge on any atom is 0.341 e. The number of hydrogen-bond donors (Lipinski definition) is 3. The molecule has 3 aromatic rings. The highest BCUT2D eigenvalue weighted by Gasteiger charge is 2.57. The predicted octanol–water partition coefficient (Wildman–Crippen LogP) is 0.660. The van der Waals surface area contributed by atoms with Crippen LogP contribution in [0.5, 0.6) is 0 Å². The van der Waals surface area contributed by atoms with E-state index in [0.717, 1.165) is 13.0 Å². The van der Waals surface area contributed by atoms with Gasteiger partial charge in [-0.15, -0.1) is 11.3 Å². The van der Waals surface area contributed by atoms with Crippen LogP contribution in [0.25, 0.3) is 16.2 Å². The molecule has 3 aromatic heterocycles. The molecule has 0 amide bonds. The van der Waals surface area contributed by atoms with Gasteiger partial charge in [0, 0.05) is 42.5 Å². The molecular weight excluding hydrogens is 368 g/mol. The Bertz CT molecular complexity index is 1160. The van der Waals surface area contributed by atoms with Crippen molar-refractivity contribution in [3.05, 3.63) is 39.6 Å². The Kier molecular flexibility index (Phi) is 3.16. The zero-order chi connectivity index (χ0) is 18.9. The van der Waals surface area contributed by atoms with E-state index in [4.69, 9.17) is 11.5 Å². The lowest BCUT2D eigenvalue weighted by Gasteiger charge is -2.22. The van der Waals surface area contributed by atoms with Crippen LogP contribution in [0, 0.1) is 5.92 Å². The SMILES string of the molecule is Nc1cc(N2CC3CC3(N)C2)nc2c1c(=O)c(C(=O)O)cn2-c1nccs1. The van der Waals surface area contributed by atoms with Crippen LogP contribution < -0.4 is 21.8 Å². The first-order valence-corrected chi connectivity index (χ1v) is 9.28. The summed E-state index contributed by atoms with van der Waals surface area (Å²) in [6, 6.07) is 1.62. The Morgan fingerprint density at radius 2 is 2.26 bits per heavy atom. The lowest BCUT2D eigenvalue weighted by molar-refractivity contribution is 0.0695. The minimum absolute atomic E-state index is 0.0840. The van der Waals surface area contributed by atoms with Crippen molar-refractivity contribution in [2.45, 2.75) is 12.0 Å². The topological polar surface area (TPSA) is 140 Å². The van der Waals surface area contributed by atoms with Crippen LogP contribution in [0.15, 0.2) is 28.6 Å². The summed E-state index contributed by atoms with van der Waals surface area (Å²) in [5.74, 6) is -0.239. The molecule has 9 nitrogen and oxygen atoms in total. The summed E-state index contributed by atoms with van der Waals surface area (Å²) in [6.45, 7) is 1.48. The third-order valence-electron chi connectivity index (χ3n) is 5.36. The largest absolute Gasteiger partial charge is 0.477 e. The zero-order valence-electron chi connectivity index (χ0n) is 14.1. The second kappa shape index (κ2) is 5.27. The van der Waals surface area contributed by atoms with E-state index in [1.54, 1.807) is 17.6 Å². The monoisotopic (exact) mass is 384 g/mol. The summed E-state index contributed by atoms with van der Waals surface area (Å²) >= 11 is 1.31. The highest BCUT2D eigenvalue weighted by molar-refractivity contribution is 7.12. The number of nitrogens with two attached hydrogens (primary N) is 2. The van der Waals surface area contributed by atoms with Gasteiger partial charge >= 0.3 is 5.97 Å². The molecule has 5 rings (SSSR count). The average molecular weight is 384 g/mol. The van der Waals surface area contributed by atoms with Gasteiger partial charge < -0.3 is 21.5 Å². The van der Waals surface area contributed by atoms with E-state index < -0.39 is 11.4 Å². The van der Waals surface area contributed by atoms with Gasteiger partial charge in [-0.1, -0.05) is 0 Å². The van der Waals surface area contributed by atoms with Crippen molar-refractivity contribution in [2.24, 2.45) is 11.7 Å². The Hall–Kier alpha value is -2.98. The van der Waals surface area contributed by atoms with E-state index in [-0.39, 0.29) is 22.2 Å². The number of aromatic carboxylic acids is 1. The summed E-state index contributed by atoms with van der Waals surface area (Å²) in [5.41, 5.74) is 11.8. The fourth-order valence-electron chi connectivity index (χ4n) is 3.82. The standard InChI is InChI=1S/C17H16N6O3S/c18-10-3-11(22-5-8-4-17(8,19)7-22)21-14-12(10)13(24)9(15(25)26)6-23(14)16-20-1-2-27-16/h1-3,6,8H,4-5,7,19H2,(H2,18,21)(H,25,26). The molecule has 5 N–H and O–H groups in total. The molecule has 0 spiro atoms. The molecule has 4 heterocycles. The first-order valence-electron chi connectivity index (χ1n) is 8.40. The van der Waals surface area contributed by atoms with Crippen molar-refractivity contribution in [3.8, 4) is 5.13 Å². The molecule has 0 radical (unpaired) electrons. The van der Waals surface area contributed by atoms with Crippen molar-refractivity contribution >= 4 is 39.8 Å². The smallest absolute Gasteiger partial charge is 0.341 e. The molecule has 0 aromatic carbocycles. The molecule has 2 unspecified atom stereocenters. The number of piperidine rings is 1. The first-order chi connectivity index (χ1) is 12.9. The van der Waals surface area contributed by atoms with Crippen LogP contribution in [0.3, 0.4) is 0 Å². The minimum atomic E-state index is -1.32. The molecule has 2 fully saturated rings. The van der Waals surface area contributed by atoms with Crippen molar-refractivity contribution in [1.82, 2.24) is 14.5 Å². The Labute approximate surface area is 156 Å². The number of thiazole rings is 1. The molecule has 138 valence electrons. The molecule has 1 aliphatic carbocycles. The van der Waals surface area contributed by atoms with Gasteiger partial charge in [-0.2, -0.15) is 0 Å². The number of pyridine rings is 2. The third-order valence-corrected chi connectivity index (χ3v) is 6.13. The fourth-order valence-corrected chi connectivity index (χ4v) is 4.44. The van der Waals surface area contributed by atoms with Gasteiger partial charge in [-0.05, 0) is 12.3 Å². The molecule has 27 heavy (non-hydrogen) atoms. The quantitative estimate of drug-likeness (QED) is 0.598. The van der Waals surface area contributed by atoms with Gasteiger partial charge in [0.15, 0.2) is 10.8 Å². The number of nitrogen functional groups attached to an aromatic ring is 1. The fraction of sp³-hybridized carbons (Fsp3) is 0.294. The second-order valence-corrected chi connectivity index (χ2v) is 8.02. The van der Waals surface area contributed by atoms with Crippen LogP contribution in [-0.4, -0.2) is 44.2 Å². The molecular formula is C17H16N6O3S. The number of aromatic nitrogens is 3. The highest BCUT2D eigenvalue weighted by atomic mass is 32.1. The number of fused-ring (bicyclic) bond motifs is 2.